The number of halogens is 3. The van der Waals surface area contributed by atoms with Crippen LogP contribution in [-0.4, -0.2) is 23.3 Å². The van der Waals surface area contributed by atoms with E-state index in [4.69, 9.17) is 4.74 Å². The quantitative estimate of drug-likeness (QED) is 0.765. The molecule has 0 fully saturated rings. The highest BCUT2D eigenvalue weighted by Gasteiger charge is 2.38. The zero-order valence-corrected chi connectivity index (χ0v) is 14.2. The lowest BCUT2D eigenvalue weighted by Crippen LogP contribution is -2.29. The molecule has 0 bridgehead atoms. The minimum absolute atomic E-state index is 0.0854. The van der Waals surface area contributed by atoms with E-state index in [0.717, 1.165) is 11.0 Å². The molecule has 3 rings (SSSR count). The van der Waals surface area contributed by atoms with Crippen molar-refractivity contribution in [2.24, 2.45) is 0 Å². The summed E-state index contributed by atoms with van der Waals surface area (Å²) in [6.07, 6.45) is -4.50. The topological polar surface area (TPSA) is 46.6 Å². The molecule has 2 aromatic carbocycles. The summed E-state index contributed by atoms with van der Waals surface area (Å²) in [6.45, 7) is 3.21. The highest BCUT2D eigenvalue weighted by molar-refractivity contribution is 6.22. The first kappa shape index (κ1) is 18.0. The van der Waals surface area contributed by atoms with Crippen LogP contribution in [0.4, 0.5) is 13.2 Å². The smallest absolute Gasteiger partial charge is 0.416 e. The van der Waals surface area contributed by atoms with Crippen LogP contribution in [0.2, 0.25) is 0 Å². The standard InChI is InChI=1S/C19H16F3NO3/c1-3-26-15-6-4-5-13-16(15)18(25)23(17(13)24)10-12-8-7-11(2)14(9-12)19(20,21)22/h4-9H,3,10H2,1-2H3. The van der Waals surface area contributed by atoms with E-state index < -0.39 is 23.6 Å². The average Bonchev–Trinajstić information content (AvgIpc) is 2.81. The van der Waals surface area contributed by atoms with Crippen LogP contribution in [0.3, 0.4) is 0 Å². The molecule has 136 valence electrons. The number of amides is 2. The minimum atomic E-state index is -4.50. The van der Waals surface area contributed by atoms with Crippen LogP contribution in [0.15, 0.2) is 36.4 Å². The molecule has 0 saturated carbocycles. The van der Waals surface area contributed by atoms with Crippen molar-refractivity contribution >= 4 is 11.8 Å². The number of carbonyl (C=O) groups is 2. The molecule has 2 amide bonds. The molecule has 0 N–H and O–H groups in total. The van der Waals surface area contributed by atoms with Gasteiger partial charge in [-0.2, -0.15) is 13.2 Å². The molecule has 0 unspecified atom stereocenters. The summed E-state index contributed by atoms with van der Waals surface area (Å²) in [5, 5.41) is 0. The second-order valence-electron chi connectivity index (χ2n) is 5.96. The van der Waals surface area contributed by atoms with Crippen molar-refractivity contribution in [3.05, 3.63) is 64.2 Å². The largest absolute Gasteiger partial charge is 0.493 e. The van der Waals surface area contributed by atoms with Crippen molar-refractivity contribution in [2.45, 2.75) is 26.6 Å². The Hall–Kier alpha value is -2.83. The van der Waals surface area contributed by atoms with Gasteiger partial charge in [0.1, 0.15) is 5.75 Å². The highest BCUT2D eigenvalue weighted by Crippen LogP contribution is 2.34. The second kappa shape index (κ2) is 6.48. The van der Waals surface area contributed by atoms with Gasteiger partial charge in [-0.3, -0.25) is 14.5 Å². The molecule has 0 saturated heterocycles. The number of ether oxygens (including phenoxy) is 1. The number of nitrogens with zero attached hydrogens (tertiary/aromatic N) is 1. The fraction of sp³-hybridized carbons (Fsp3) is 0.263. The van der Waals surface area contributed by atoms with Gasteiger partial charge in [0.2, 0.25) is 0 Å². The molecule has 0 spiro atoms. The molecule has 1 aliphatic heterocycles. The fourth-order valence-electron chi connectivity index (χ4n) is 2.98. The third-order valence-electron chi connectivity index (χ3n) is 4.21. The zero-order valence-electron chi connectivity index (χ0n) is 14.2. The van der Waals surface area contributed by atoms with Crippen molar-refractivity contribution in [1.29, 1.82) is 0 Å². The predicted molar refractivity (Wildman–Crippen MR) is 88.0 cm³/mol. The first-order chi connectivity index (χ1) is 12.2. The summed E-state index contributed by atoms with van der Waals surface area (Å²) in [4.78, 5) is 26.1. The van der Waals surface area contributed by atoms with E-state index in [0.29, 0.717) is 12.4 Å². The second-order valence-corrected chi connectivity index (χ2v) is 5.96. The predicted octanol–water partition coefficient (Wildman–Crippen LogP) is 4.21. The number of hydrogen-bond acceptors (Lipinski definition) is 3. The molecule has 1 aliphatic rings. The summed E-state index contributed by atoms with van der Waals surface area (Å²) in [7, 11) is 0. The highest BCUT2D eigenvalue weighted by atomic mass is 19.4. The van der Waals surface area contributed by atoms with Gasteiger partial charge in [-0.05, 0) is 43.2 Å². The first-order valence-corrected chi connectivity index (χ1v) is 8.02. The molecule has 0 aromatic heterocycles. The van der Waals surface area contributed by atoms with Gasteiger partial charge in [0.25, 0.3) is 11.8 Å². The zero-order chi connectivity index (χ0) is 19.1. The Balaban J connectivity index is 1.94. The molecular weight excluding hydrogens is 347 g/mol. The van der Waals surface area contributed by atoms with Gasteiger partial charge in [0.05, 0.1) is 29.8 Å². The number of imide groups is 1. The number of carbonyl (C=O) groups excluding carboxylic acids is 2. The summed E-state index contributed by atoms with van der Waals surface area (Å²) < 4.78 is 44.7. The van der Waals surface area contributed by atoms with Crippen LogP contribution in [0.1, 0.15) is 44.3 Å². The molecule has 4 nitrogen and oxygen atoms in total. The van der Waals surface area contributed by atoms with Gasteiger partial charge >= 0.3 is 6.18 Å². The Morgan fingerprint density at radius 3 is 2.46 bits per heavy atom. The molecule has 0 aliphatic carbocycles. The SMILES string of the molecule is CCOc1cccc2c1C(=O)N(Cc1ccc(C)c(C(F)(F)F)c1)C2=O. The Kier molecular flexibility index (Phi) is 4.48. The van der Waals surface area contributed by atoms with E-state index in [1.54, 1.807) is 19.1 Å². The monoisotopic (exact) mass is 363 g/mol. The number of rotatable bonds is 4. The van der Waals surface area contributed by atoms with E-state index in [9.17, 15) is 22.8 Å². The van der Waals surface area contributed by atoms with Gasteiger partial charge < -0.3 is 4.74 Å². The fourth-order valence-corrected chi connectivity index (χ4v) is 2.98. The molecule has 0 atom stereocenters. The number of benzene rings is 2. The van der Waals surface area contributed by atoms with Gasteiger partial charge in [-0.1, -0.05) is 18.2 Å². The van der Waals surface area contributed by atoms with Crippen LogP contribution >= 0.6 is 0 Å². The van der Waals surface area contributed by atoms with Crippen LogP contribution in [0.5, 0.6) is 5.75 Å². The number of fused-ring (bicyclic) bond motifs is 1. The first-order valence-electron chi connectivity index (χ1n) is 8.02. The maximum absolute atomic E-state index is 13.1. The Morgan fingerprint density at radius 1 is 1.08 bits per heavy atom. The van der Waals surface area contributed by atoms with Crippen LogP contribution in [-0.2, 0) is 12.7 Å². The lowest BCUT2D eigenvalue weighted by Gasteiger charge is -2.16. The maximum atomic E-state index is 13.1. The van der Waals surface area contributed by atoms with Crippen molar-refractivity contribution in [1.82, 2.24) is 4.90 Å². The third-order valence-corrected chi connectivity index (χ3v) is 4.21. The van der Waals surface area contributed by atoms with Crippen LogP contribution in [0, 0.1) is 6.92 Å². The molecular formula is C19H16F3NO3. The normalized spacial score (nSPS) is 14.0. The van der Waals surface area contributed by atoms with E-state index in [1.807, 2.05) is 0 Å². The number of alkyl halides is 3. The van der Waals surface area contributed by atoms with Gasteiger partial charge in [-0.15, -0.1) is 0 Å². The summed E-state index contributed by atoms with van der Waals surface area (Å²) >= 11 is 0. The minimum Gasteiger partial charge on any atom is -0.493 e. The van der Waals surface area contributed by atoms with Crippen molar-refractivity contribution in [3.8, 4) is 5.75 Å². The van der Waals surface area contributed by atoms with E-state index in [1.165, 1.54) is 25.1 Å². The molecule has 0 radical (unpaired) electrons. The molecule has 2 aromatic rings. The van der Waals surface area contributed by atoms with Crippen molar-refractivity contribution in [3.63, 3.8) is 0 Å². The summed E-state index contributed by atoms with van der Waals surface area (Å²) in [5.74, 6) is -0.811. The average molecular weight is 363 g/mol. The molecule has 7 heteroatoms. The van der Waals surface area contributed by atoms with E-state index in [2.05, 4.69) is 0 Å². The summed E-state index contributed by atoms with van der Waals surface area (Å²) in [5.41, 5.74) is -0.106. The molecule has 26 heavy (non-hydrogen) atoms. The van der Waals surface area contributed by atoms with E-state index >= 15 is 0 Å². The Morgan fingerprint density at radius 2 is 1.81 bits per heavy atom. The Labute approximate surface area is 148 Å². The lowest BCUT2D eigenvalue weighted by molar-refractivity contribution is -0.138. The Bertz CT molecular complexity index is 890. The van der Waals surface area contributed by atoms with Gasteiger partial charge in [0.15, 0.2) is 0 Å². The van der Waals surface area contributed by atoms with Crippen molar-refractivity contribution in [2.75, 3.05) is 6.61 Å². The van der Waals surface area contributed by atoms with Crippen LogP contribution in [0.25, 0.3) is 0 Å². The molecule has 1 heterocycles. The van der Waals surface area contributed by atoms with Gasteiger partial charge in [-0.25, -0.2) is 0 Å². The lowest BCUT2D eigenvalue weighted by atomic mass is 10.0. The van der Waals surface area contributed by atoms with Gasteiger partial charge in [0, 0.05) is 0 Å². The maximum Gasteiger partial charge on any atom is 0.416 e. The number of aryl methyl sites for hydroxylation is 1. The summed E-state index contributed by atoms with van der Waals surface area (Å²) in [6, 6.07) is 8.49. The van der Waals surface area contributed by atoms with Crippen LogP contribution < -0.4 is 4.74 Å². The van der Waals surface area contributed by atoms with Crippen molar-refractivity contribution < 1.29 is 27.5 Å². The number of hydrogen-bond donors (Lipinski definition) is 0. The van der Waals surface area contributed by atoms with E-state index in [-0.39, 0.29) is 28.8 Å². The third kappa shape index (κ3) is 3.05.